The van der Waals surface area contributed by atoms with Gasteiger partial charge in [0, 0.05) is 29.6 Å². The van der Waals surface area contributed by atoms with Crippen LogP contribution in [0.25, 0.3) is 10.9 Å². The molecule has 100 valence electrons. The van der Waals surface area contributed by atoms with Crippen molar-refractivity contribution in [3.63, 3.8) is 0 Å². The van der Waals surface area contributed by atoms with E-state index in [1.54, 1.807) is 0 Å². The fourth-order valence-electron chi connectivity index (χ4n) is 2.92. The minimum absolute atomic E-state index is 0.0446. The molecule has 1 aromatic carbocycles. The third-order valence-electron chi connectivity index (χ3n) is 4.13. The summed E-state index contributed by atoms with van der Waals surface area (Å²) < 4.78 is 5.62. The topological polar surface area (TPSA) is 48.1 Å². The van der Waals surface area contributed by atoms with Crippen molar-refractivity contribution < 1.29 is 4.74 Å². The molecule has 0 saturated carbocycles. The van der Waals surface area contributed by atoms with Gasteiger partial charge in [-0.2, -0.15) is 0 Å². The molecular weight excluding hydrogens is 236 g/mol. The summed E-state index contributed by atoms with van der Waals surface area (Å²) in [5.41, 5.74) is 9.67. The monoisotopic (exact) mass is 256 g/mol. The number of ether oxygens (including phenoxy) is 1. The van der Waals surface area contributed by atoms with Crippen molar-refractivity contribution in [3.05, 3.63) is 41.6 Å². The third-order valence-corrected chi connectivity index (χ3v) is 4.13. The van der Waals surface area contributed by atoms with Crippen LogP contribution in [0.2, 0.25) is 0 Å². The normalized spacial score (nSPS) is 24.8. The van der Waals surface area contributed by atoms with Gasteiger partial charge < -0.3 is 10.5 Å². The Bertz CT molecular complexity index is 596. The molecule has 3 atom stereocenters. The van der Waals surface area contributed by atoms with E-state index in [4.69, 9.17) is 10.5 Å². The van der Waals surface area contributed by atoms with Crippen LogP contribution in [-0.4, -0.2) is 17.7 Å². The highest BCUT2D eigenvalue weighted by molar-refractivity contribution is 5.79. The number of fused-ring (bicyclic) bond motifs is 1. The molecule has 2 aromatic rings. The number of hydrogen-bond acceptors (Lipinski definition) is 3. The third kappa shape index (κ3) is 2.36. The van der Waals surface area contributed by atoms with Gasteiger partial charge >= 0.3 is 0 Å². The molecule has 0 amide bonds. The maximum atomic E-state index is 6.41. The first-order valence-corrected chi connectivity index (χ1v) is 6.89. The van der Waals surface area contributed by atoms with Gasteiger partial charge in [-0.15, -0.1) is 0 Å². The molecule has 1 aliphatic heterocycles. The standard InChI is InChI=1S/C16H20N2O/c1-10-3-4-12-9-13(5-6-15(12)18-10)16(17)14-7-8-19-11(14)2/h3-6,9,11,14,16H,7-8,17H2,1-2H3. The van der Waals surface area contributed by atoms with Crippen LogP contribution in [0, 0.1) is 12.8 Å². The number of benzene rings is 1. The summed E-state index contributed by atoms with van der Waals surface area (Å²) in [6.45, 7) is 4.95. The number of nitrogens with zero attached hydrogens (tertiary/aromatic N) is 1. The summed E-state index contributed by atoms with van der Waals surface area (Å²) in [6, 6.07) is 10.5. The highest BCUT2D eigenvalue weighted by Gasteiger charge is 2.30. The van der Waals surface area contributed by atoms with Crippen LogP contribution in [0.3, 0.4) is 0 Å². The largest absolute Gasteiger partial charge is 0.378 e. The highest BCUT2D eigenvalue weighted by Crippen LogP contribution is 2.32. The molecule has 2 heterocycles. The van der Waals surface area contributed by atoms with E-state index in [0.29, 0.717) is 5.92 Å². The van der Waals surface area contributed by atoms with Gasteiger partial charge in [-0.05, 0) is 44.0 Å². The number of hydrogen-bond donors (Lipinski definition) is 1. The molecule has 3 unspecified atom stereocenters. The molecule has 1 saturated heterocycles. The first kappa shape index (κ1) is 12.6. The Morgan fingerprint density at radius 2 is 2.16 bits per heavy atom. The summed E-state index contributed by atoms with van der Waals surface area (Å²) in [4.78, 5) is 4.52. The Balaban J connectivity index is 1.94. The van der Waals surface area contributed by atoms with Crippen LogP contribution in [0.1, 0.15) is 30.6 Å². The summed E-state index contributed by atoms with van der Waals surface area (Å²) in [5, 5.41) is 1.16. The van der Waals surface area contributed by atoms with Gasteiger partial charge in [0.1, 0.15) is 0 Å². The van der Waals surface area contributed by atoms with Crippen LogP contribution in [0.4, 0.5) is 0 Å². The number of aryl methyl sites for hydroxylation is 1. The van der Waals surface area contributed by atoms with Gasteiger partial charge in [-0.3, -0.25) is 4.98 Å². The minimum atomic E-state index is 0.0446. The van der Waals surface area contributed by atoms with Crippen LogP contribution < -0.4 is 5.73 Å². The van der Waals surface area contributed by atoms with Gasteiger partial charge in [0.05, 0.1) is 11.6 Å². The van der Waals surface area contributed by atoms with Crippen LogP contribution in [0.5, 0.6) is 0 Å². The first-order chi connectivity index (χ1) is 9.15. The van der Waals surface area contributed by atoms with E-state index in [0.717, 1.165) is 29.6 Å². The summed E-state index contributed by atoms with van der Waals surface area (Å²) in [5.74, 6) is 0.413. The summed E-state index contributed by atoms with van der Waals surface area (Å²) in [7, 11) is 0. The Hall–Kier alpha value is -1.45. The van der Waals surface area contributed by atoms with E-state index in [-0.39, 0.29) is 12.1 Å². The average Bonchev–Trinajstić information content (AvgIpc) is 2.83. The van der Waals surface area contributed by atoms with Crippen molar-refractivity contribution in [1.82, 2.24) is 4.98 Å². The van der Waals surface area contributed by atoms with Crippen molar-refractivity contribution in [1.29, 1.82) is 0 Å². The van der Waals surface area contributed by atoms with Crippen LogP contribution in [0.15, 0.2) is 30.3 Å². The molecule has 0 radical (unpaired) electrons. The molecule has 0 spiro atoms. The van der Waals surface area contributed by atoms with E-state index >= 15 is 0 Å². The highest BCUT2D eigenvalue weighted by atomic mass is 16.5. The van der Waals surface area contributed by atoms with E-state index in [9.17, 15) is 0 Å². The van der Waals surface area contributed by atoms with E-state index in [1.165, 1.54) is 5.56 Å². The second kappa shape index (κ2) is 4.91. The molecule has 3 nitrogen and oxygen atoms in total. The fourth-order valence-corrected chi connectivity index (χ4v) is 2.92. The molecule has 0 aliphatic carbocycles. The molecule has 3 rings (SSSR count). The first-order valence-electron chi connectivity index (χ1n) is 6.89. The Morgan fingerprint density at radius 1 is 1.32 bits per heavy atom. The Kier molecular flexibility index (Phi) is 3.25. The van der Waals surface area contributed by atoms with Crippen molar-refractivity contribution in [2.75, 3.05) is 6.61 Å². The van der Waals surface area contributed by atoms with Crippen molar-refractivity contribution in [2.45, 2.75) is 32.4 Å². The summed E-state index contributed by atoms with van der Waals surface area (Å²) >= 11 is 0. The fraction of sp³-hybridized carbons (Fsp3) is 0.438. The summed E-state index contributed by atoms with van der Waals surface area (Å²) in [6.07, 6.45) is 1.30. The molecule has 2 N–H and O–H groups in total. The van der Waals surface area contributed by atoms with Gasteiger partial charge in [0.25, 0.3) is 0 Å². The molecule has 19 heavy (non-hydrogen) atoms. The van der Waals surface area contributed by atoms with Gasteiger partial charge in [0.2, 0.25) is 0 Å². The smallest absolute Gasteiger partial charge is 0.0705 e. The van der Waals surface area contributed by atoms with Gasteiger partial charge in [-0.25, -0.2) is 0 Å². The lowest BCUT2D eigenvalue weighted by Crippen LogP contribution is -2.26. The molecular formula is C16H20N2O. The quantitative estimate of drug-likeness (QED) is 0.898. The lowest BCUT2D eigenvalue weighted by atomic mass is 9.88. The number of nitrogens with two attached hydrogens (primary N) is 1. The second-order valence-corrected chi connectivity index (χ2v) is 5.46. The maximum Gasteiger partial charge on any atom is 0.0705 e. The van der Waals surface area contributed by atoms with Crippen molar-refractivity contribution in [3.8, 4) is 0 Å². The molecule has 0 bridgehead atoms. The molecule has 3 heteroatoms. The Morgan fingerprint density at radius 3 is 2.89 bits per heavy atom. The molecule has 1 fully saturated rings. The predicted molar refractivity (Wildman–Crippen MR) is 76.9 cm³/mol. The van der Waals surface area contributed by atoms with Crippen molar-refractivity contribution >= 4 is 10.9 Å². The lowest BCUT2D eigenvalue weighted by molar-refractivity contribution is 0.0995. The molecule has 1 aromatic heterocycles. The zero-order chi connectivity index (χ0) is 13.4. The average molecular weight is 256 g/mol. The van der Waals surface area contributed by atoms with E-state index in [1.807, 2.05) is 13.0 Å². The lowest BCUT2D eigenvalue weighted by Gasteiger charge is -2.22. The Labute approximate surface area is 113 Å². The SMILES string of the molecule is Cc1ccc2cc(C(N)C3CCOC3C)ccc2n1. The minimum Gasteiger partial charge on any atom is -0.378 e. The van der Waals surface area contributed by atoms with E-state index < -0.39 is 0 Å². The van der Waals surface area contributed by atoms with Crippen LogP contribution in [-0.2, 0) is 4.74 Å². The number of aromatic nitrogens is 1. The predicted octanol–water partition coefficient (Wildman–Crippen LogP) is 2.97. The number of pyridine rings is 1. The number of rotatable bonds is 2. The zero-order valence-corrected chi connectivity index (χ0v) is 11.5. The van der Waals surface area contributed by atoms with E-state index in [2.05, 4.69) is 36.2 Å². The zero-order valence-electron chi connectivity index (χ0n) is 11.5. The van der Waals surface area contributed by atoms with Gasteiger partial charge in [-0.1, -0.05) is 12.1 Å². The van der Waals surface area contributed by atoms with Crippen LogP contribution >= 0.6 is 0 Å². The molecule has 1 aliphatic rings. The van der Waals surface area contributed by atoms with Gasteiger partial charge in [0.15, 0.2) is 0 Å². The van der Waals surface area contributed by atoms with Crippen molar-refractivity contribution in [2.24, 2.45) is 11.7 Å². The second-order valence-electron chi connectivity index (χ2n) is 5.46. The maximum absolute atomic E-state index is 6.41.